The smallest absolute Gasteiger partial charge is 0.338 e. The number of aromatic nitrogens is 1. The van der Waals surface area contributed by atoms with E-state index < -0.39 is 17.6 Å². The van der Waals surface area contributed by atoms with Gasteiger partial charge in [0, 0.05) is 10.6 Å². The summed E-state index contributed by atoms with van der Waals surface area (Å²) in [5.41, 5.74) is 3.52. The maximum absolute atomic E-state index is 14.4. The largest absolute Gasteiger partial charge is 0.496 e. The van der Waals surface area contributed by atoms with Crippen LogP contribution in [0.2, 0.25) is 5.02 Å². The molecule has 0 aliphatic carbocycles. The first-order valence-electron chi connectivity index (χ1n) is 13.4. The lowest BCUT2D eigenvalue weighted by Crippen LogP contribution is -2.41. The number of para-hydroxylation sites is 1. The number of anilines is 1. The molecule has 0 unspecified atom stereocenters. The number of carbonyl (C=O) groups excluding carboxylic acids is 2. The highest BCUT2D eigenvalue weighted by Gasteiger charge is 2.37. The molecule has 6 rings (SSSR count). The second kappa shape index (κ2) is 11.6. The van der Waals surface area contributed by atoms with E-state index >= 15 is 0 Å². The van der Waals surface area contributed by atoms with Crippen LogP contribution in [0.15, 0.2) is 92.3 Å². The Morgan fingerprint density at radius 3 is 2.53 bits per heavy atom. The number of fused-ring (bicyclic) bond motifs is 2. The number of amides is 1. The van der Waals surface area contributed by atoms with Gasteiger partial charge in [-0.15, -0.1) is 0 Å². The molecule has 1 atom stereocenters. The molecule has 4 aromatic rings. The molecule has 218 valence electrons. The number of thiazole rings is 1. The molecule has 1 aromatic heterocycles. The van der Waals surface area contributed by atoms with Crippen LogP contribution < -0.4 is 24.5 Å². The van der Waals surface area contributed by atoms with Crippen molar-refractivity contribution >= 4 is 62.0 Å². The second-order valence-electron chi connectivity index (χ2n) is 9.93. The zero-order chi connectivity index (χ0) is 30.4. The molecule has 0 radical (unpaired) electrons. The molecule has 8 nitrogen and oxygen atoms in total. The molecule has 43 heavy (non-hydrogen) atoms. The highest BCUT2D eigenvalue weighted by atomic mass is 79.9. The van der Waals surface area contributed by atoms with Gasteiger partial charge in [0.2, 0.25) is 0 Å². The fourth-order valence-corrected chi connectivity index (χ4v) is 7.26. The molecular formula is C32H25BrClN3O5S. The summed E-state index contributed by atoms with van der Waals surface area (Å²) in [5, 5.41) is 0.606. The molecule has 0 spiro atoms. The van der Waals surface area contributed by atoms with Crippen LogP contribution in [-0.2, 0) is 20.9 Å². The summed E-state index contributed by atoms with van der Waals surface area (Å²) in [4.78, 5) is 48.4. The molecule has 0 fully saturated rings. The molecule has 2 aliphatic heterocycles. The maximum Gasteiger partial charge on any atom is 0.338 e. The summed E-state index contributed by atoms with van der Waals surface area (Å²) in [6.45, 7) is 3.92. The number of benzene rings is 3. The number of nitrogens with zero attached hydrogens (tertiary/aromatic N) is 3. The van der Waals surface area contributed by atoms with Gasteiger partial charge in [0.1, 0.15) is 10.3 Å². The molecule has 3 heterocycles. The Labute approximate surface area is 264 Å². The minimum absolute atomic E-state index is 0.165. The van der Waals surface area contributed by atoms with Gasteiger partial charge in [-0.3, -0.25) is 14.2 Å². The van der Waals surface area contributed by atoms with E-state index in [0.29, 0.717) is 54.7 Å². The van der Waals surface area contributed by atoms with Crippen LogP contribution in [0, 0.1) is 0 Å². The van der Waals surface area contributed by atoms with E-state index in [2.05, 4.69) is 20.9 Å². The average molecular weight is 679 g/mol. The summed E-state index contributed by atoms with van der Waals surface area (Å²) >= 11 is 10.7. The van der Waals surface area contributed by atoms with Crippen LogP contribution in [0.25, 0.3) is 5.57 Å². The summed E-state index contributed by atoms with van der Waals surface area (Å²) in [6, 6.07) is 19.3. The van der Waals surface area contributed by atoms with Crippen molar-refractivity contribution in [2.24, 2.45) is 4.99 Å². The predicted octanol–water partition coefficient (Wildman–Crippen LogP) is 5.14. The van der Waals surface area contributed by atoms with E-state index in [1.54, 1.807) is 50.1 Å². The van der Waals surface area contributed by atoms with Crippen LogP contribution in [-0.4, -0.2) is 30.2 Å². The van der Waals surface area contributed by atoms with E-state index in [9.17, 15) is 14.4 Å². The van der Waals surface area contributed by atoms with E-state index in [1.165, 1.54) is 4.57 Å². The fraction of sp³-hybridized carbons (Fsp3) is 0.188. The third-order valence-corrected chi connectivity index (χ3v) is 9.31. The van der Waals surface area contributed by atoms with Crippen molar-refractivity contribution in [3.63, 3.8) is 0 Å². The third kappa shape index (κ3) is 5.03. The monoisotopic (exact) mass is 677 g/mol. The van der Waals surface area contributed by atoms with Crippen molar-refractivity contribution in [1.82, 2.24) is 4.57 Å². The number of methoxy groups -OCH3 is 1. The van der Waals surface area contributed by atoms with Gasteiger partial charge in [0.25, 0.3) is 11.5 Å². The van der Waals surface area contributed by atoms with E-state index in [4.69, 9.17) is 21.1 Å². The van der Waals surface area contributed by atoms with Gasteiger partial charge < -0.3 is 14.4 Å². The number of rotatable bonds is 6. The van der Waals surface area contributed by atoms with Gasteiger partial charge in [0.15, 0.2) is 4.80 Å². The zero-order valence-electron chi connectivity index (χ0n) is 23.4. The molecule has 0 saturated carbocycles. The summed E-state index contributed by atoms with van der Waals surface area (Å²) in [6.07, 6.45) is 0. The molecule has 3 aromatic carbocycles. The Balaban J connectivity index is 1.57. The highest BCUT2D eigenvalue weighted by Crippen LogP contribution is 2.37. The molecular weight excluding hydrogens is 654 g/mol. The summed E-state index contributed by atoms with van der Waals surface area (Å²) in [7, 11) is 1.56. The Kier molecular flexibility index (Phi) is 7.85. The summed E-state index contributed by atoms with van der Waals surface area (Å²) < 4.78 is 13.2. The number of allylic oxidation sites excluding steroid dienone is 1. The lowest BCUT2D eigenvalue weighted by atomic mass is 9.96. The number of esters is 1. The van der Waals surface area contributed by atoms with E-state index in [1.807, 2.05) is 42.5 Å². The first-order chi connectivity index (χ1) is 20.7. The molecule has 11 heteroatoms. The first-order valence-corrected chi connectivity index (χ1v) is 15.4. The molecule has 0 bridgehead atoms. The van der Waals surface area contributed by atoms with Gasteiger partial charge in [-0.25, -0.2) is 9.79 Å². The molecule has 0 N–H and O–H groups in total. The topological polar surface area (TPSA) is 90.2 Å². The van der Waals surface area contributed by atoms with Crippen LogP contribution >= 0.6 is 38.9 Å². The Morgan fingerprint density at radius 1 is 1.09 bits per heavy atom. The maximum atomic E-state index is 14.4. The van der Waals surface area contributed by atoms with Crippen molar-refractivity contribution in [1.29, 1.82) is 0 Å². The normalized spacial score (nSPS) is 17.0. The van der Waals surface area contributed by atoms with Gasteiger partial charge in [0.05, 0.1) is 53.3 Å². The van der Waals surface area contributed by atoms with Crippen LogP contribution in [0.1, 0.15) is 36.6 Å². The third-order valence-electron chi connectivity index (χ3n) is 7.39. The van der Waals surface area contributed by atoms with Crippen LogP contribution in [0.3, 0.4) is 0 Å². The Hall–Kier alpha value is -3.99. The second-order valence-corrected chi connectivity index (χ2v) is 12.2. The predicted molar refractivity (Wildman–Crippen MR) is 169 cm³/mol. The summed E-state index contributed by atoms with van der Waals surface area (Å²) in [5.74, 6) is -0.243. The quantitative estimate of drug-likeness (QED) is 0.264. The molecule has 0 saturated heterocycles. The van der Waals surface area contributed by atoms with Crippen molar-refractivity contribution in [3.05, 3.63) is 124 Å². The molecule has 1 amide bonds. The van der Waals surface area contributed by atoms with Crippen LogP contribution in [0.4, 0.5) is 5.69 Å². The number of hydrogen-bond donors (Lipinski definition) is 0. The Bertz CT molecular complexity index is 2020. The van der Waals surface area contributed by atoms with E-state index in [-0.39, 0.29) is 22.6 Å². The van der Waals surface area contributed by atoms with Crippen molar-refractivity contribution in [2.75, 3.05) is 18.6 Å². The fourth-order valence-electron chi connectivity index (χ4n) is 5.44. The lowest BCUT2D eigenvalue weighted by molar-refractivity contribution is -0.139. The number of carbonyl (C=O) groups is 2. The number of halogens is 2. The SMILES string of the molecule is CCOC(=O)C1=C(C)N=c2s/c(=C3/C(=O)N(Cc4ccc(Cl)cc4)c4ccccc43)c(=O)n2[C@@H]1c1ccc(OC)c(Br)c1. The van der Waals surface area contributed by atoms with E-state index in [0.717, 1.165) is 16.9 Å². The van der Waals surface area contributed by atoms with Gasteiger partial charge in [-0.2, -0.15) is 0 Å². The Morgan fingerprint density at radius 2 is 1.84 bits per heavy atom. The van der Waals surface area contributed by atoms with Crippen molar-refractivity contribution in [3.8, 4) is 5.75 Å². The van der Waals surface area contributed by atoms with Gasteiger partial charge >= 0.3 is 5.97 Å². The van der Waals surface area contributed by atoms with Crippen molar-refractivity contribution < 1.29 is 19.1 Å². The minimum atomic E-state index is -0.830. The van der Waals surface area contributed by atoms with Gasteiger partial charge in [-0.1, -0.05) is 59.3 Å². The number of ether oxygens (including phenoxy) is 2. The standard InChI is InChI=1S/C32H25BrClN3O5S/c1-4-42-31(40)25-17(2)35-32-37(27(25)19-11-14-24(41-3)22(33)15-19)30(39)28(43-32)26-21-7-5-6-8-23(21)36(29(26)38)16-18-9-12-20(34)13-10-18/h5-15,27H,4,16H2,1-3H3/b28-26+/t27-/m1/s1. The van der Waals surface area contributed by atoms with Gasteiger partial charge in [-0.05, 0) is 71.2 Å². The highest BCUT2D eigenvalue weighted by molar-refractivity contribution is 9.10. The molecule has 2 aliphatic rings. The van der Waals surface area contributed by atoms with Crippen LogP contribution in [0.5, 0.6) is 5.75 Å². The lowest BCUT2D eigenvalue weighted by Gasteiger charge is -2.25. The number of hydrogen-bond acceptors (Lipinski definition) is 7. The first kappa shape index (κ1) is 29.1. The van der Waals surface area contributed by atoms with Crippen molar-refractivity contribution in [2.45, 2.75) is 26.4 Å². The average Bonchev–Trinajstić information content (AvgIpc) is 3.45. The minimum Gasteiger partial charge on any atom is -0.496 e. The zero-order valence-corrected chi connectivity index (χ0v) is 26.5.